The summed E-state index contributed by atoms with van der Waals surface area (Å²) in [6.07, 6.45) is 2.04. The van der Waals surface area contributed by atoms with Crippen LogP contribution in [0, 0.1) is 5.92 Å². The van der Waals surface area contributed by atoms with E-state index in [1.807, 2.05) is 0 Å². The van der Waals surface area contributed by atoms with Crippen molar-refractivity contribution < 1.29 is 9.90 Å². The molecule has 18 heavy (non-hydrogen) atoms. The van der Waals surface area contributed by atoms with Crippen LogP contribution in [0.15, 0.2) is 18.2 Å². The van der Waals surface area contributed by atoms with Gasteiger partial charge in [-0.15, -0.1) is 0 Å². The molecule has 4 nitrogen and oxygen atoms in total. The number of phenols is 1. The number of nitrogens with one attached hydrogen (secondary N) is 2. The molecule has 0 aromatic heterocycles. The van der Waals surface area contributed by atoms with Gasteiger partial charge < -0.3 is 15.7 Å². The molecule has 0 radical (unpaired) electrons. The van der Waals surface area contributed by atoms with Gasteiger partial charge in [-0.3, -0.25) is 4.79 Å². The van der Waals surface area contributed by atoms with Gasteiger partial charge in [0, 0.05) is 36.1 Å². The number of halogens is 1. The minimum Gasteiger partial charge on any atom is -0.508 e. The summed E-state index contributed by atoms with van der Waals surface area (Å²) in [5.74, 6) is 0.590. The number of hydrogen-bond acceptors (Lipinski definition) is 3. The number of hydrogen-bond donors (Lipinski definition) is 3. The summed E-state index contributed by atoms with van der Waals surface area (Å²) in [6.45, 7) is 1.74. The van der Waals surface area contributed by atoms with Crippen LogP contribution < -0.4 is 10.6 Å². The molecule has 1 fully saturated rings. The molecular weight excluding hydrogens is 252 g/mol. The molecule has 98 valence electrons. The van der Waals surface area contributed by atoms with Crippen molar-refractivity contribution >= 4 is 17.5 Å². The van der Waals surface area contributed by atoms with Gasteiger partial charge in [-0.25, -0.2) is 0 Å². The fourth-order valence-electron chi connectivity index (χ4n) is 1.70. The standard InChI is InChI=1S/C13H17ClN2O2/c14-11-2-1-3-12(17)10(11)8-15-6-7-16-13(18)9-4-5-9/h1-3,9,15,17H,4-8H2,(H,16,18). The van der Waals surface area contributed by atoms with E-state index in [9.17, 15) is 9.90 Å². The Bertz CT molecular complexity index is 413. The van der Waals surface area contributed by atoms with Crippen LogP contribution in [-0.2, 0) is 11.3 Å². The zero-order valence-corrected chi connectivity index (χ0v) is 10.8. The van der Waals surface area contributed by atoms with Crippen LogP contribution >= 0.6 is 11.6 Å². The van der Waals surface area contributed by atoms with E-state index in [-0.39, 0.29) is 17.6 Å². The van der Waals surface area contributed by atoms with Crippen LogP contribution in [0.25, 0.3) is 0 Å². The van der Waals surface area contributed by atoms with E-state index in [1.165, 1.54) is 0 Å². The third-order valence-electron chi connectivity index (χ3n) is 2.95. The molecule has 1 aromatic rings. The highest BCUT2D eigenvalue weighted by molar-refractivity contribution is 6.31. The number of benzene rings is 1. The SMILES string of the molecule is O=C(NCCNCc1c(O)cccc1Cl)C1CC1. The van der Waals surface area contributed by atoms with Crippen LogP contribution in [0.1, 0.15) is 18.4 Å². The molecule has 1 saturated carbocycles. The van der Waals surface area contributed by atoms with Crippen molar-refractivity contribution in [3.8, 4) is 5.75 Å². The van der Waals surface area contributed by atoms with Crippen LogP contribution in [-0.4, -0.2) is 24.1 Å². The Morgan fingerprint density at radius 3 is 2.83 bits per heavy atom. The van der Waals surface area contributed by atoms with E-state index in [0.717, 1.165) is 12.8 Å². The predicted molar refractivity (Wildman–Crippen MR) is 70.6 cm³/mol. The second-order valence-electron chi connectivity index (χ2n) is 4.48. The van der Waals surface area contributed by atoms with E-state index < -0.39 is 0 Å². The Morgan fingerprint density at radius 1 is 1.39 bits per heavy atom. The Kier molecular flexibility index (Phi) is 4.44. The summed E-state index contributed by atoms with van der Waals surface area (Å²) in [7, 11) is 0. The van der Waals surface area contributed by atoms with E-state index in [4.69, 9.17) is 11.6 Å². The number of phenolic OH excluding ortho intramolecular Hbond substituents is 1. The van der Waals surface area contributed by atoms with Crippen LogP contribution in [0.4, 0.5) is 0 Å². The van der Waals surface area contributed by atoms with Crippen molar-refractivity contribution in [2.24, 2.45) is 5.92 Å². The first-order valence-electron chi connectivity index (χ1n) is 6.13. The lowest BCUT2D eigenvalue weighted by Gasteiger charge is -2.09. The largest absolute Gasteiger partial charge is 0.508 e. The van der Waals surface area contributed by atoms with Crippen molar-refractivity contribution in [2.45, 2.75) is 19.4 Å². The number of amides is 1. The summed E-state index contributed by atoms with van der Waals surface area (Å²) in [4.78, 5) is 11.3. The second kappa shape index (κ2) is 6.07. The first kappa shape index (κ1) is 13.2. The summed E-state index contributed by atoms with van der Waals surface area (Å²) in [5.41, 5.74) is 0.688. The maximum atomic E-state index is 11.3. The minimum absolute atomic E-state index is 0.150. The number of aromatic hydroxyl groups is 1. The zero-order valence-electron chi connectivity index (χ0n) is 10.1. The average Bonchev–Trinajstić information content (AvgIpc) is 3.15. The van der Waals surface area contributed by atoms with Crippen molar-refractivity contribution in [3.05, 3.63) is 28.8 Å². The zero-order chi connectivity index (χ0) is 13.0. The van der Waals surface area contributed by atoms with Crippen LogP contribution in [0.5, 0.6) is 5.75 Å². The molecule has 0 spiro atoms. The Hall–Kier alpha value is -1.26. The maximum Gasteiger partial charge on any atom is 0.223 e. The third kappa shape index (κ3) is 3.62. The highest BCUT2D eigenvalue weighted by Gasteiger charge is 2.28. The number of rotatable bonds is 6. The monoisotopic (exact) mass is 268 g/mol. The lowest BCUT2D eigenvalue weighted by atomic mass is 10.2. The Balaban J connectivity index is 1.67. The molecule has 1 aliphatic carbocycles. The summed E-state index contributed by atoms with van der Waals surface area (Å²) >= 11 is 5.97. The smallest absolute Gasteiger partial charge is 0.223 e. The number of carbonyl (C=O) groups is 1. The molecule has 0 bridgehead atoms. The molecule has 0 aliphatic heterocycles. The van der Waals surface area contributed by atoms with E-state index in [2.05, 4.69) is 10.6 Å². The third-order valence-corrected chi connectivity index (χ3v) is 3.30. The molecular formula is C13H17ClN2O2. The minimum atomic E-state index is 0.150. The van der Waals surface area contributed by atoms with Gasteiger partial charge in [0.1, 0.15) is 5.75 Å². The fourth-order valence-corrected chi connectivity index (χ4v) is 1.94. The van der Waals surface area contributed by atoms with E-state index >= 15 is 0 Å². The molecule has 0 atom stereocenters. The van der Waals surface area contributed by atoms with E-state index in [0.29, 0.717) is 30.2 Å². The predicted octanol–water partition coefficient (Wildman–Crippen LogP) is 1.66. The Labute approximate surface area is 111 Å². The topological polar surface area (TPSA) is 61.4 Å². The van der Waals surface area contributed by atoms with Crippen molar-refractivity contribution in [2.75, 3.05) is 13.1 Å². The number of carbonyl (C=O) groups excluding carboxylic acids is 1. The highest BCUT2D eigenvalue weighted by Crippen LogP contribution is 2.28. The molecule has 3 N–H and O–H groups in total. The average molecular weight is 269 g/mol. The molecule has 0 unspecified atom stereocenters. The molecule has 2 rings (SSSR count). The molecule has 1 amide bonds. The van der Waals surface area contributed by atoms with Gasteiger partial charge >= 0.3 is 0 Å². The lowest BCUT2D eigenvalue weighted by Crippen LogP contribution is -2.32. The molecule has 0 heterocycles. The van der Waals surface area contributed by atoms with Gasteiger partial charge in [0.25, 0.3) is 0 Å². The first-order valence-corrected chi connectivity index (χ1v) is 6.51. The molecule has 0 saturated heterocycles. The van der Waals surface area contributed by atoms with E-state index in [1.54, 1.807) is 18.2 Å². The summed E-state index contributed by atoms with van der Waals surface area (Å²) < 4.78 is 0. The van der Waals surface area contributed by atoms with Gasteiger partial charge in [0.2, 0.25) is 5.91 Å². The molecule has 5 heteroatoms. The molecule has 1 aromatic carbocycles. The summed E-state index contributed by atoms with van der Waals surface area (Å²) in [5, 5.41) is 16.2. The van der Waals surface area contributed by atoms with Crippen LogP contribution in [0.3, 0.4) is 0 Å². The van der Waals surface area contributed by atoms with Crippen LogP contribution in [0.2, 0.25) is 5.02 Å². The van der Waals surface area contributed by atoms with Gasteiger partial charge in [-0.1, -0.05) is 17.7 Å². The van der Waals surface area contributed by atoms with Gasteiger partial charge in [0.05, 0.1) is 0 Å². The fraction of sp³-hybridized carbons (Fsp3) is 0.462. The van der Waals surface area contributed by atoms with Crippen molar-refractivity contribution in [1.29, 1.82) is 0 Å². The Morgan fingerprint density at radius 2 is 2.17 bits per heavy atom. The van der Waals surface area contributed by atoms with Gasteiger partial charge in [-0.2, -0.15) is 0 Å². The quantitative estimate of drug-likeness (QED) is 0.688. The van der Waals surface area contributed by atoms with Gasteiger partial charge in [-0.05, 0) is 25.0 Å². The normalized spacial score (nSPS) is 14.5. The maximum absolute atomic E-state index is 11.3. The lowest BCUT2D eigenvalue weighted by molar-refractivity contribution is -0.122. The van der Waals surface area contributed by atoms with Crippen molar-refractivity contribution in [1.82, 2.24) is 10.6 Å². The highest BCUT2D eigenvalue weighted by atomic mass is 35.5. The molecule has 1 aliphatic rings. The van der Waals surface area contributed by atoms with Crippen molar-refractivity contribution in [3.63, 3.8) is 0 Å². The first-order chi connectivity index (χ1) is 8.68. The van der Waals surface area contributed by atoms with Gasteiger partial charge in [0.15, 0.2) is 0 Å². The summed E-state index contributed by atoms with van der Waals surface area (Å²) in [6, 6.07) is 5.06. The second-order valence-corrected chi connectivity index (χ2v) is 4.89.